The predicted octanol–water partition coefficient (Wildman–Crippen LogP) is 4.55. The molecule has 28 heavy (non-hydrogen) atoms. The van der Waals surface area contributed by atoms with Gasteiger partial charge in [-0.25, -0.2) is 0 Å². The number of amides is 1. The maximum atomic E-state index is 12.9. The molecule has 0 saturated carbocycles. The number of halogens is 1. The van der Waals surface area contributed by atoms with Crippen LogP contribution in [0.25, 0.3) is 5.76 Å². The summed E-state index contributed by atoms with van der Waals surface area (Å²) in [5, 5.41) is 11.3. The van der Waals surface area contributed by atoms with Crippen molar-refractivity contribution in [3.63, 3.8) is 0 Å². The summed E-state index contributed by atoms with van der Waals surface area (Å²) in [5.41, 5.74) is 1.03. The summed E-state index contributed by atoms with van der Waals surface area (Å²) < 4.78 is 5.36. The quantitative estimate of drug-likeness (QED) is 0.401. The Morgan fingerprint density at radius 2 is 1.71 bits per heavy atom. The van der Waals surface area contributed by atoms with Crippen LogP contribution in [0.15, 0.2) is 83.0 Å². The third-order valence-electron chi connectivity index (χ3n) is 4.69. The second-order valence-corrected chi connectivity index (χ2v) is 6.80. The molecule has 1 fully saturated rings. The Morgan fingerprint density at radius 1 is 1.00 bits per heavy atom. The number of likely N-dealkylation sites (tertiary alicyclic amines) is 1. The zero-order chi connectivity index (χ0) is 19.7. The summed E-state index contributed by atoms with van der Waals surface area (Å²) in [4.78, 5) is 27.1. The summed E-state index contributed by atoms with van der Waals surface area (Å²) in [7, 11) is 0. The molecule has 0 aliphatic carbocycles. The number of hydrogen-bond acceptors (Lipinski definition) is 4. The molecule has 1 N–H and O–H groups in total. The van der Waals surface area contributed by atoms with E-state index in [4.69, 9.17) is 16.0 Å². The molecule has 5 nitrogen and oxygen atoms in total. The van der Waals surface area contributed by atoms with Crippen LogP contribution in [0.4, 0.5) is 0 Å². The lowest BCUT2D eigenvalue weighted by atomic mass is 9.95. The molecule has 0 radical (unpaired) electrons. The molecule has 1 amide bonds. The summed E-state index contributed by atoms with van der Waals surface area (Å²) in [6.07, 6.45) is 1.50. The van der Waals surface area contributed by atoms with E-state index < -0.39 is 17.7 Å². The molecule has 1 aromatic heterocycles. The van der Waals surface area contributed by atoms with Crippen LogP contribution in [-0.2, 0) is 16.1 Å². The highest BCUT2D eigenvalue weighted by Crippen LogP contribution is 2.42. The molecule has 2 aromatic carbocycles. The lowest BCUT2D eigenvalue weighted by molar-refractivity contribution is -0.140. The Bertz CT molecular complexity index is 1060. The number of benzene rings is 2. The zero-order valence-corrected chi connectivity index (χ0v) is 15.5. The van der Waals surface area contributed by atoms with Gasteiger partial charge in [0.2, 0.25) is 0 Å². The van der Waals surface area contributed by atoms with Crippen molar-refractivity contribution in [1.82, 2.24) is 4.90 Å². The van der Waals surface area contributed by atoms with E-state index in [1.54, 1.807) is 66.7 Å². The topological polar surface area (TPSA) is 70.8 Å². The highest BCUT2D eigenvalue weighted by Gasteiger charge is 2.46. The molecule has 1 saturated heterocycles. The first-order valence-corrected chi connectivity index (χ1v) is 9.06. The number of aliphatic hydroxyl groups excluding tert-OH is 1. The van der Waals surface area contributed by atoms with Gasteiger partial charge < -0.3 is 14.4 Å². The molecular formula is C22H16ClNO4. The Morgan fingerprint density at radius 3 is 2.39 bits per heavy atom. The van der Waals surface area contributed by atoms with Crippen molar-refractivity contribution in [2.24, 2.45) is 0 Å². The summed E-state index contributed by atoms with van der Waals surface area (Å²) in [6, 6.07) is 18.2. The van der Waals surface area contributed by atoms with E-state index >= 15 is 0 Å². The highest BCUT2D eigenvalue weighted by molar-refractivity contribution is 6.46. The molecule has 1 aliphatic heterocycles. The van der Waals surface area contributed by atoms with Crippen LogP contribution in [0, 0.1) is 0 Å². The smallest absolute Gasteiger partial charge is 0.296 e. The van der Waals surface area contributed by atoms with Crippen LogP contribution in [0.2, 0.25) is 5.02 Å². The number of hydrogen-bond donors (Lipinski definition) is 1. The number of furan rings is 1. The number of nitrogens with zero attached hydrogens (tertiary/aromatic N) is 1. The van der Waals surface area contributed by atoms with E-state index in [2.05, 4.69) is 0 Å². The fourth-order valence-electron chi connectivity index (χ4n) is 3.39. The molecule has 140 valence electrons. The second-order valence-electron chi connectivity index (χ2n) is 6.39. The molecule has 6 heteroatoms. The van der Waals surface area contributed by atoms with Gasteiger partial charge in [0.1, 0.15) is 11.5 Å². The number of Topliss-reactive ketones (excluding diaryl/α,β-unsaturated/α-hetero) is 1. The zero-order valence-electron chi connectivity index (χ0n) is 14.7. The van der Waals surface area contributed by atoms with E-state index in [0.717, 1.165) is 0 Å². The van der Waals surface area contributed by atoms with Crippen molar-refractivity contribution in [3.05, 3.63) is 100 Å². The van der Waals surface area contributed by atoms with Gasteiger partial charge in [-0.2, -0.15) is 0 Å². The molecule has 2 heterocycles. The average molecular weight is 394 g/mol. The first-order valence-electron chi connectivity index (χ1n) is 8.68. The Kier molecular flexibility index (Phi) is 4.75. The summed E-state index contributed by atoms with van der Waals surface area (Å²) >= 11 is 6.39. The largest absolute Gasteiger partial charge is 0.507 e. The monoisotopic (exact) mass is 393 g/mol. The highest BCUT2D eigenvalue weighted by atomic mass is 35.5. The van der Waals surface area contributed by atoms with Crippen LogP contribution in [0.1, 0.15) is 22.9 Å². The minimum atomic E-state index is -0.820. The standard InChI is InChI=1S/C22H16ClNO4/c23-17-11-5-4-10-16(17)19-18(20(25)14-7-2-1-3-8-14)21(26)22(27)24(19)13-15-9-6-12-28-15/h1-12,19,25H,13H2/t19-/m0/s1. The SMILES string of the molecule is O=C1C(=O)N(Cc2ccco2)[C@@H](c2ccccc2Cl)C1=C(O)c1ccccc1. The lowest BCUT2D eigenvalue weighted by Crippen LogP contribution is -2.29. The summed E-state index contributed by atoms with van der Waals surface area (Å²) in [5.74, 6) is -1.17. The minimum absolute atomic E-state index is 0.0101. The molecule has 1 atom stereocenters. The van der Waals surface area contributed by atoms with Crippen molar-refractivity contribution < 1.29 is 19.1 Å². The van der Waals surface area contributed by atoms with Crippen LogP contribution < -0.4 is 0 Å². The number of carbonyl (C=O) groups excluding carboxylic acids is 2. The van der Waals surface area contributed by atoms with Gasteiger partial charge in [-0.1, -0.05) is 60.1 Å². The van der Waals surface area contributed by atoms with E-state index in [1.165, 1.54) is 11.2 Å². The van der Waals surface area contributed by atoms with Gasteiger partial charge in [-0.05, 0) is 23.8 Å². The predicted molar refractivity (Wildman–Crippen MR) is 104 cm³/mol. The summed E-state index contributed by atoms with van der Waals surface area (Å²) in [6.45, 7) is 0.0824. The average Bonchev–Trinajstić information content (AvgIpc) is 3.31. The molecule has 0 bridgehead atoms. The molecular weight excluding hydrogens is 378 g/mol. The third-order valence-corrected chi connectivity index (χ3v) is 5.04. The molecule has 0 unspecified atom stereocenters. The number of ketones is 1. The van der Waals surface area contributed by atoms with Crippen molar-refractivity contribution in [2.75, 3.05) is 0 Å². The van der Waals surface area contributed by atoms with E-state index in [1.807, 2.05) is 0 Å². The molecule has 1 aliphatic rings. The van der Waals surface area contributed by atoms with Gasteiger partial charge in [0.25, 0.3) is 11.7 Å². The molecule has 0 spiro atoms. The van der Waals surface area contributed by atoms with Crippen LogP contribution in [0.3, 0.4) is 0 Å². The first kappa shape index (κ1) is 18.1. The Balaban J connectivity index is 1.90. The van der Waals surface area contributed by atoms with Crippen LogP contribution >= 0.6 is 11.6 Å². The van der Waals surface area contributed by atoms with Crippen LogP contribution in [0.5, 0.6) is 0 Å². The van der Waals surface area contributed by atoms with Crippen molar-refractivity contribution in [3.8, 4) is 0 Å². The molecule has 3 aromatic rings. The van der Waals surface area contributed by atoms with Gasteiger partial charge in [-0.15, -0.1) is 0 Å². The third kappa shape index (κ3) is 3.10. The first-order chi connectivity index (χ1) is 13.6. The lowest BCUT2D eigenvalue weighted by Gasteiger charge is -2.25. The van der Waals surface area contributed by atoms with Gasteiger partial charge in [0.15, 0.2) is 0 Å². The van der Waals surface area contributed by atoms with E-state index in [9.17, 15) is 14.7 Å². The maximum Gasteiger partial charge on any atom is 0.296 e. The fraction of sp³-hybridized carbons (Fsp3) is 0.0909. The van der Waals surface area contributed by atoms with Gasteiger partial charge >= 0.3 is 0 Å². The van der Waals surface area contributed by atoms with Crippen molar-refractivity contribution >= 4 is 29.1 Å². The van der Waals surface area contributed by atoms with E-state index in [-0.39, 0.29) is 17.9 Å². The number of aliphatic hydroxyl groups is 1. The van der Waals surface area contributed by atoms with Gasteiger partial charge in [-0.3, -0.25) is 9.59 Å². The van der Waals surface area contributed by atoms with Crippen molar-refractivity contribution in [2.45, 2.75) is 12.6 Å². The maximum absolute atomic E-state index is 12.9. The Labute approximate surface area is 166 Å². The number of carbonyl (C=O) groups is 2. The Hall–Kier alpha value is -3.31. The second kappa shape index (κ2) is 7.37. The van der Waals surface area contributed by atoms with Crippen LogP contribution in [-0.4, -0.2) is 21.7 Å². The van der Waals surface area contributed by atoms with Gasteiger partial charge in [0.05, 0.1) is 24.4 Å². The van der Waals surface area contributed by atoms with E-state index in [0.29, 0.717) is 21.9 Å². The minimum Gasteiger partial charge on any atom is -0.507 e. The van der Waals surface area contributed by atoms with Crippen molar-refractivity contribution in [1.29, 1.82) is 0 Å². The normalized spacial score (nSPS) is 18.6. The number of rotatable bonds is 4. The fourth-order valence-corrected chi connectivity index (χ4v) is 3.62. The van der Waals surface area contributed by atoms with Gasteiger partial charge in [0, 0.05) is 10.6 Å². The molecule has 4 rings (SSSR count).